The Balaban J connectivity index is 1.22. The molecule has 2 aromatic rings. The van der Waals surface area contributed by atoms with E-state index >= 15 is 0 Å². The second-order valence-electron chi connectivity index (χ2n) is 9.36. The molecule has 4 heteroatoms. The van der Waals surface area contributed by atoms with E-state index in [2.05, 4.69) is 46.2 Å². The minimum Gasteiger partial charge on any atom is -0.393 e. The van der Waals surface area contributed by atoms with E-state index in [0.717, 1.165) is 58.4 Å². The van der Waals surface area contributed by atoms with Gasteiger partial charge in [-0.15, -0.1) is 0 Å². The highest BCUT2D eigenvalue weighted by atomic mass is 16.3. The normalized spacial score (nSPS) is 20.7. The van der Waals surface area contributed by atoms with E-state index < -0.39 is 0 Å². The lowest BCUT2D eigenvalue weighted by Crippen LogP contribution is -2.36. The summed E-state index contributed by atoms with van der Waals surface area (Å²) in [6.45, 7) is 5.00. The molecule has 0 saturated carbocycles. The lowest BCUT2D eigenvalue weighted by atomic mass is 9.91. The van der Waals surface area contributed by atoms with Crippen LogP contribution in [0.2, 0.25) is 0 Å². The molecular formula is C27H36N2O2. The molecular weight excluding hydrogens is 384 g/mol. The maximum atomic E-state index is 12.5. The number of aliphatic hydroxyl groups excluding tert-OH is 1. The van der Waals surface area contributed by atoms with Gasteiger partial charge in [0.05, 0.1) is 6.10 Å². The topological polar surface area (TPSA) is 43.8 Å². The molecule has 1 N–H and O–H groups in total. The van der Waals surface area contributed by atoms with Crippen molar-refractivity contribution in [3.63, 3.8) is 0 Å². The Hall–Kier alpha value is -2.17. The third kappa shape index (κ3) is 6.65. The van der Waals surface area contributed by atoms with Crippen LogP contribution in [0, 0.1) is 5.92 Å². The summed E-state index contributed by atoms with van der Waals surface area (Å²) in [6.07, 6.45) is 6.20. The molecule has 0 aliphatic carbocycles. The van der Waals surface area contributed by atoms with Gasteiger partial charge in [0.25, 0.3) is 0 Å². The number of anilines is 1. The SMILES string of the molecule is O=C(CCc1ccccc1)CC1CCCN(Cc2ccc(N3CCC(O)CC3)cc2)C1. The number of hydrogen-bond donors (Lipinski definition) is 1. The van der Waals surface area contributed by atoms with Crippen molar-refractivity contribution in [2.45, 2.75) is 57.6 Å². The molecule has 31 heavy (non-hydrogen) atoms. The number of carbonyl (C=O) groups excluding carboxylic acids is 1. The van der Waals surface area contributed by atoms with E-state index in [1.165, 1.54) is 29.7 Å². The lowest BCUT2D eigenvalue weighted by Gasteiger charge is -2.33. The molecule has 0 aromatic heterocycles. The standard InChI is InChI=1S/C27H36N2O2/c30-26-14-17-29(18-15-26)25-11-8-23(9-12-25)20-28-16-4-7-24(21-28)19-27(31)13-10-22-5-2-1-3-6-22/h1-3,5-6,8-9,11-12,24,26,30H,4,7,10,13-21H2. The number of piperidine rings is 2. The van der Waals surface area contributed by atoms with Crippen molar-refractivity contribution >= 4 is 11.5 Å². The van der Waals surface area contributed by atoms with Gasteiger partial charge in [-0.05, 0) is 67.8 Å². The number of nitrogens with zero attached hydrogens (tertiary/aromatic N) is 2. The largest absolute Gasteiger partial charge is 0.393 e. The first kappa shape index (κ1) is 22.0. The minimum absolute atomic E-state index is 0.132. The van der Waals surface area contributed by atoms with Crippen molar-refractivity contribution in [3.05, 3.63) is 65.7 Å². The first-order valence-electron chi connectivity index (χ1n) is 12.0. The van der Waals surface area contributed by atoms with Gasteiger partial charge < -0.3 is 10.0 Å². The van der Waals surface area contributed by atoms with Crippen molar-refractivity contribution in [3.8, 4) is 0 Å². The van der Waals surface area contributed by atoms with Crippen LogP contribution in [0.3, 0.4) is 0 Å². The van der Waals surface area contributed by atoms with E-state index in [-0.39, 0.29) is 6.10 Å². The maximum absolute atomic E-state index is 12.5. The molecule has 2 aliphatic rings. The molecule has 0 radical (unpaired) electrons. The second kappa shape index (κ2) is 10.9. The second-order valence-corrected chi connectivity index (χ2v) is 9.36. The Morgan fingerprint density at radius 2 is 1.65 bits per heavy atom. The predicted octanol–water partition coefficient (Wildman–Crippen LogP) is 4.45. The molecule has 4 nitrogen and oxygen atoms in total. The van der Waals surface area contributed by atoms with Crippen LogP contribution in [0.1, 0.15) is 49.7 Å². The number of aliphatic hydroxyl groups is 1. The van der Waals surface area contributed by atoms with Crippen molar-refractivity contribution < 1.29 is 9.90 Å². The Labute approximate surface area is 186 Å². The molecule has 0 spiro atoms. The van der Waals surface area contributed by atoms with Gasteiger partial charge in [-0.3, -0.25) is 9.69 Å². The quantitative estimate of drug-likeness (QED) is 0.685. The summed E-state index contributed by atoms with van der Waals surface area (Å²) in [5.41, 5.74) is 3.86. The molecule has 2 fully saturated rings. The average Bonchev–Trinajstić information content (AvgIpc) is 2.80. The molecule has 2 aliphatic heterocycles. The fraction of sp³-hybridized carbons (Fsp3) is 0.519. The van der Waals surface area contributed by atoms with E-state index in [4.69, 9.17) is 0 Å². The zero-order chi connectivity index (χ0) is 21.5. The molecule has 1 atom stereocenters. The number of likely N-dealkylation sites (tertiary alicyclic amines) is 1. The van der Waals surface area contributed by atoms with Gasteiger partial charge in [-0.2, -0.15) is 0 Å². The summed E-state index contributed by atoms with van der Waals surface area (Å²) < 4.78 is 0. The van der Waals surface area contributed by atoms with Gasteiger partial charge in [0, 0.05) is 44.7 Å². The molecule has 2 aromatic carbocycles. The monoisotopic (exact) mass is 420 g/mol. The average molecular weight is 421 g/mol. The summed E-state index contributed by atoms with van der Waals surface area (Å²) >= 11 is 0. The summed E-state index contributed by atoms with van der Waals surface area (Å²) in [7, 11) is 0. The number of aryl methyl sites for hydroxylation is 1. The summed E-state index contributed by atoms with van der Waals surface area (Å²) in [5.74, 6) is 0.905. The molecule has 1 unspecified atom stereocenters. The van der Waals surface area contributed by atoms with Crippen LogP contribution in [0.5, 0.6) is 0 Å². The van der Waals surface area contributed by atoms with Crippen molar-refractivity contribution in [1.29, 1.82) is 0 Å². The van der Waals surface area contributed by atoms with E-state index in [0.29, 0.717) is 18.1 Å². The zero-order valence-corrected chi connectivity index (χ0v) is 18.6. The first-order chi connectivity index (χ1) is 15.2. The number of ketones is 1. The van der Waals surface area contributed by atoms with Crippen molar-refractivity contribution in [2.75, 3.05) is 31.1 Å². The van der Waals surface area contributed by atoms with Crippen LogP contribution in [-0.4, -0.2) is 48.1 Å². The van der Waals surface area contributed by atoms with Gasteiger partial charge >= 0.3 is 0 Å². The minimum atomic E-state index is -0.132. The van der Waals surface area contributed by atoms with Crippen molar-refractivity contribution in [2.24, 2.45) is 5.92 Å². The number of Topliss-reactive ketones (excluding diaryl/α,β-unsaturated/α-hetero) is 1. The van der Waals surface area contributed by atoms with Gasteiger partial charge in [0.1, 0.15) is 5.78 Å². The number of hydrogen-bond acceptors (Lipinski definition) is 4. The smallest absolute Gasteiger partial charge is 0.133 e. The third-order valence-electron chi connectivity index (χ3n) is 6.83. The van der Waals surface area contributed by atoms with Gasteiger partial charge in [-0.1, -0.05) is 42.5 Å². The highest BCUT2D eigenvalue weighted by Gasteiger charge is 2.22. The van der Waals surface area contributed by atoms with Crippen LogP contribution in [0.4, 0.5) is 5.69 Å². The zero-order valence-electron chi connectivity index (χ0n) is 18.6. The molecule has 2 saturated heterocycles. The van der Waals surface area contributed by atoms with Crippen LogP contribution >= 0.6 is 0 Å². The number of benzene rings is 2. The lowest BCUT2D eigenvalue weighted by molar-refractivity contribution is -0.120. The summed E-state index contributed by atoms with van der Waals surface area (Å²) in [5, 5.41) is 9.71. The predicted molar refractivity (Wildman–Crippen MR) is 126 cm³/mol. The number of rotatable bonds is 8. The Morgan fingerprint density at radius 1 is 0.903 bits per heavy atom. The molecule has 0 bridgehead atoms. The first-order valence-corrected chi connectivity index (χ1v) is 12.0. The molecule has 4 rings (SSSR count). The fourth-order valence-corrected chi connectivity index (χ4v) is 5.01. The third-order valence-corrected chi connectivity index (χ3v) is 6.83. The maximum Gasteiger partial charge on any atom is 0.133 e. The number of carbonyl (C=O) groups is 1. The van der Waals surface area contributed by atoms with Gasteiger partial charge in [-0.25, -0.2) is 0 Å². The van der Waals surface area contributed by atoms with Crippen LogP contribution < -0.4 is 4.90 Å². The Bertz CT molecular complexity index is 813. The molecule has 2 heterocycles. The fourth-order valence-electron chi connectivity index (χ4n) is 5.01. The van der Waals surface area contributed by atoms with E-state index in [9.17, 15) is 9.90 Å². The summed E-state index contributed by atoms with van der Waals surface area (Å²) in [4.78, 5) is 17.4. The van der Waals surface area contributed by atoms with Crippen LogP contribution in [-0.2, 0) is 17.8 Å². The van der Waals surface area contributed by atoms with Crippen molar-refractivity contribution in [1.82, 2.24) is 4.90 Å². The van der Waals surface area contributed by atoms with E-state index in [1.54, 1.807) is 0 Å². The van der Waals surface area contributed by atoms with E-state index in [1.807, 2.05) is 18.2 Å². The van der Waals surface area contributed by atoms with Crippen LogP contribution in [0.25, 0.3) is 0 Å². The van der Waals surface area contributed by atoms with Gasteiger partial charge in [0.2, 0.25) is 0 Å². The molecule has 166 valence electrons. The summed E-state index contributed by atoms with van der Waals surface area (Å²) in [6, 6.07) is 19.3. The Kier molecular flexibility index (Phi) is 7.76. The van der Waals surface area contributed by atoms with Crippen LogP contribution in [0.15, 0.2) is 54.6 Å². The molecule has 0 amide bonds. The highest BCUT2D eigenvalue weighted by molar-refractivity contribution is 5.78. The Morgan fingerprint density at radius 3 is 2.39 bits per heavy atom. The van der Waals surface area contributed by atoms with Gasteiger partial charge in [0.15, 0.2) is 0 Å². The highest BCUT2D eigenvalue weighted by Crippen LogP contribution is 2.24.